The van der Waals surface area contributed by atoms with Crippen LogP contribution >= 0.6 is 0 Å². The summed E-state index contributed by atoms with van der Waals surface area (Å²) in [6.07, 6.45) is 4.33. The van der Waals surface area contributed by atoms with Crippen LogP contribution in [0.3, 0.4) is 0 Å². The van der Waals surface area contributed by atoms with Gasteiger partial charge in [-0.2, -0.15) is 9.97 Å². The van der Waals surface area contributed by atoms with E-state index in [0.717, 1.165) is 17.9 Å². The van der Waals surface area contributed by atoms with Crippen LogP contribution in [0.25, 0.3) is 11.4 Å². The summed E-state index contributed by atoms with van der Waals surface area (Å²) < 4.78 is 16.0. The molecule has 4 rings (SSSR count). The number of ether oxygens (including phenoxy) is 2. The number of hydrogen-bond donors (Lipinski definition) is 1. The van der Waals surface area contributed by atoms with Crippen LogP contribution in [-0.2, 0) is 6.61 Å². The van der Waals surface area contributed by atoms with Crippen LogP contribution in [0.1, 0.15) is 29.7 Å². The second-order valence-corrected chi connectivity index (χ2v) is 6.34. The fraction of sp³-hybridized carbons (Fsp3) is 0.389. The standard InChI is InChI=1S/C18H19N5O4/c1-10-19-7-14(17-22-16(8-24)27-23-17)18(21-10)26-9-11-5-13(11)15-4-3-12(25-2)6-20-15/h3-4,6-7,11,13,24H,5,8-9H2,1-2H3/t11?,13-/m1/s1. The second-order valence-electron chi connectivity index (χ2n) is 6.34. The first-order chi connectivity index (χ1) is 13.2. The van der Waals surface area contributed by atoms with Gasteiger partial charge in [0.1, 0.15) is 23.7 Å². The van der Waals surface area contributed by atoms with Gasteiger partial charge >= 0.3 is 0 Å². The van der Waals surface area contributed by atoms with E-state index in [1.165, 1.54) is 0 Å². The minimum absolute atomic E-state index is 0.129. The van der Waals surface area contributed by atoms with Gasteiger partial charge in [0, 0.05) is 23.7 Å². The van der Waals surface area contributed by atoms with Crippen molar-refractivity contribution in [3.8, 4) is 23.0 Å². The number of pyridine rings is 1. The number of aromatic nitrogens is 5. The zero-order chi connectivity index (χ0) is 18.8. The quantitative estimate of drug-likeness (QED) is 0.666. The van der Waals surface area contributed by atoms with Crippen molar-refractivity contribution < 1.29 is 19.1 Å². The number of methoxy groups -OCH3 is 1. The van der Waals surface area contributed by atoms with E-state index in [1.807, 2.05) is 12.1 Å². The Bertz CT molecular complexity index is 928. The van der Waals surface area contributed by atoms with Gasteiger partial charge in [0.05, 0.1) is 19.9 Å². The fourth-order valence-electron chi connectivity index (χ4n) is 2.85. The van der Waals surface area contributed by atoms with E-state index < -0.39 is 0 Å². The maximum atomic E-state index is 9.09. The Labute approximate surface area is 155 Å². The van der Waals surface area contributed by atoms with Gasteiger partial charge in [0.2, 0.25) is 11.7 Å². The molecule has 1 saturated carbocycles. The Hall–Kier alpha value is -3.07. The minimum atomic E-state index is -0.325. The van der Waals surface area contributed by atoms with E-state index in [1.54, 1.807) is 26.4 Å². The molecule has 0 radical (unpaired) electrons. The van der Waals surface area contributed by atoms with Crippen molar-refractivity contribution in [2.45, 2.75) is 25.9 Å². The molecular weight excluding hydrogens is 350 g/mol. The summed E-state index contributed by atoms with van der Waals surface area (Å²) in [7, 11) is 1.62. The van der Waals surface area contributed by atoms with Crippen molar-refractivity contribution in [2.75, 3.05) is 13.7 Å². The average Bonchev–Trinajstić information content (AvgIpc) is 3.32. The predicted octanol–water partition coefficient (Wildman–Crippen LogP) is 1.91. The average molecular weight is 369 g/mol. The molecule has 9 heteroatoms. The van der Waals surface area contributed by atoms with Gasteiger partial charge in [-0.05, 0) is 25.5 Å². The Morgan fingerprint density at radius 2 is 2.11 bits per heavy atom. The zero-order valence-electron chi connectivity index (χ0n) is 15.0. The highest BCUT2D eigenvalue weighted by atomic mass is 16.5. The molecule has 27 heavy (non-hydrogen) atoms. The summed E-state index contributed by atoms with van der Waals surface area (Å²) in [6.45, 7) is 1.97. The molecule has 0 aromatic carbocycles. The normalized spacial score (nSPS) is 18.3. The molecule has 1 aliphatic carbocycles. The summed E-state index contributed by atoms with van der Waals surface area (Å²) >= 11 is 0. The summed E-state index contributed by atoms with van der Waals surface area (Å²) in [5.74, 6) is 2.89. The number of aryl methyl sites for hydroxylation is 1. The molecule has 0 saturated heterocycles. The molecule has 0 amide bonds. The number of rotatable bonds is 7. The highest BCUT2D eigenvalue weighted by molar-refractivity contribution is 5.59. The van der Waals surface area contributed by atoms with Gasteiger partial charge in [-0.15, -0.1) is 0 Å². The SMILES string of the molecule is COc1ccc([C@@H]2CC2COc2nc(C)ncc2-c2noc(CO)n2)nc1. The molecule has 2 atom stereocenters. The summed E-state index contributed by atoms with van der Waals surface area (Å²) in [6, 6.07) is 3.90. The highest BCUT2D eigenvalue weighted by Gasteiger charge is 2.40. The first-order valence-corrected chi connectivity index (χ1v) is 8.58. The van der Waals surface area contributed by atoms with Gasteiger partial charge in [0.25, 0.3) is 5.89 Å². The van der Waals surface area contributed by atoms with Gasteiger partial charge < -0.3 is 19.1 Å². The van der Waals surface area contributed by atoms with Crippen LogP contribution in [0.5, 0.6) is 11.6 Å². The van der Waals surface area contributed by atoms with Crippen LogP contribution in [0.4, 0.5) is 0 Å². The molecule has 3 aromatic heterocycles. The van der Waals surface area contributed by atoms with Gasteiger partial charge in [-0.3, -0.25) is 4.98 Å². The lowest BCUT2D eigenvalue weighted by molar-refractivity contribution is 0.222. The minimum Gasteiger partial charge on any atom is -0.495 e. The summed E-state index contributed by atoms with van der Waals surface area (Å²) in [5, 5.41) is 12.9. The van der Waals surface area contributed by atoms with E-state index in [2.05, 4.69) is 25.1 Å². The van der Waals surface area contributed by atoms with E-state index in [4.69, 9.17) is 19.1 Å². The smallest absolute Gasteiger partial charge is 0.252 e. The monoisotopic (exact) mass is 369 g/mol. The highest BCUT2D eigenvalue weighted by Crippen LogP contribution is 2.47. The molecule has 140 valence electrons. The van der Waals surface area contributed by atoms with Gasteiger partial charge in [-0.25, -0.2) is 4.98 Å². The number of hydrogen-bond acceptors (Lipinski definition) is 9. The van der Waals surface area contributed by atoms with Gasteiger partial charge in [0.15, 0.2) is 0 Å². The fourth-order valence-corrected chi connectivity index (χ4v) is 2.85. The van der Waals surface area contributed by atoms with Crippen molar-refractivity contribution in [1.29, 1.82) is 0 Å². The van der Waals surface area contributed by atoms with Crippen LogP contribution in [0.2, 0.25) is 0 Å². The predicted molar refractivity (Wildman–Crippen MR) is 93.1 cm³/mol. The van der Waals surface area contributed by atoms with E-state index in [9.17, 15) is 0 Å². The summed E-state index contributed by atoms with van der Waals surface area (Å²) in [4.78, 5) is 17.1. The Kier molecular flexibility index (Phi) is 4.68. The molecule has 1 fully saturated rings. The lowest BCUT2D eigenvalue weighted by Crippen LogP contribution is -2.06. The topological polar surface area (TPSA) is 116 Å². The van der Waals surface area contributed by atoms with E-state index in [-0.39, 0.29) is 12.5 Å². The largest absolute Gasteiger partial charge is 0.495 e. The second kappa shape index (κ2) is 7.28. The molecular formula is C18H19N5O4. The lowest BCUT2D eigenvalue weighted by atomic mass is 10.2. The third kappa shape index (κ3) is 3.72. The van der Waals surface area contributed by atoms with Crippen LogP contribution in [0.15, 0.2) is 29.0 Å². The number of aliphatic hydroxyl groups excluding tert-OH is 1. The van der Waals surface area contributed by atoms with Crippen LogP contribution in [-0.4, -0.2) is 43.9 Å². The third-order valence-electron chi connectivity index (χ3n) is 4.45. The molecule has 1 N–H and O–H groups in total. The molecule has 9 nitrogen and oxygen atoms in total. The molecule has 3 heterocycles. The zero-order valence-corrected chi connectivity index (χ0v) is 15.0. The molecule has 0 bridgehead atoms. The van der Waals surface area contributed by atoms with E-state index >= 15 is 0 Å². The lowest BCUT2D eigenvalue weighted by Gasteiger charge is -2.08. The molecule has 1 unspecified atom stereocenters. The van der Waals surface area contributed by atoms with Crippen LogP contribution in [0, 0.1) is 12.8 Å². The molecule has 0 spiro atoms. The summed E-state index contributed by atoms with van der Waals surface area (Å²) in [5.41, 5.74) is 1.57. The third-order valence-corrected chi connectivity index (χ3v) is 4.45. The first-order valence-electron chi connectivity index (χ1n) is 8.58. The maximum Gasteiger partial charge on any atom is 0.252 e. The number of nitrogens with zero attached hydrogens (tertiary/aromatic N) is 5. The van der Waals surface area contributed by atoms with E-state index in [0.29, 0.717) is 41.5 Å². The maximum absolute atomic E-state index is 9.09. The van der Waals surface area contributed by atoms with Crippen molar-refractivity contribution in [1.82, 2.24) is 25.1 Å². The van der Waals surface area contributed by atoms with Crippen molar-refractivity contribution in [3.63, 3.8) is 0 Å². The Morgan fingerprint density at radius 1 is 1.22 bits per heavy atom. The Balaban J connectivity index is 1.44. The van der Waals surface area contributed by atoms with Crippen LogP contribution < -0.4 is 9.47 Å². The number of aliphatic hydroxyl groups is 1. The Morgan fingerprint density at radius 3 is 2.81 bits per heavy atom. The molecule has 1 aliphatic rings. The first kappa shape index (κ1) is 17.3. The van der Waals surface area contributed by atoms with Crippen molar-refractivity contribution in [2.24, 2.45) is 5.92 Å². The van der Waals surface area contributed by atoms with Crippen molar-refractivity contribution in [3.05, 3.63) is 41.9 Å². The van der Waals surface area contributed by atoms with Crippen molar-refractivity contribution >= 4 is 0 Å². The van der Waals surface area contributed by atoms with Gasteiger partial charge in [-0.1, -0.05) is 5.16 Å². The molecule has 0 aliphatic heterocycles. The molecule has 3 aromatic rings.